The number of nitrogens with one attached hydrogen (secondary N) is 1. The van der Waals surface area contributed by atoms with Crippen molar-refractivity contribution in [1.29, 1.82) is 0 Å². The van der Waals surface area contributed by atoms with Gasteiger partial charge in [-0.15, -0.1) is 0 Å². The number of aromatic nitrogens is 2. The molecular formula is C23H20FN3O6. The largest absolute Gasteiger partial charge is 0.453 e. The number of carbonyl (C=O) groups is 2. The number of hydrogen-bond acceptors (Lipinski definition) is 7. The number of aliphatic hydroxyl groups is 1. The van der Waals surface area contributed by atoms with Crippen LogP contribution in [0, 0.1) is 0 Å². The lowest BCUT2D eigenvalue weighted by atomic mass is 10.1. The van der Waals surface area contributed by atoms with Crippen molar-refractivity contribution in [3.05, 3.63) is 94.5 Å². The summed E-state index contributed by atoms with van der Waals surface area (Å²) < 4.78 is 26.8. The van der Waals surface area contributed by atoms with Gasteiger partial charge in [0.1, 0.15) is 11.9 Å². The number of hydrogen-bond donors (Lipinski definition) is 2. The molecule has 3 aromatic rings. The molecule has 1 aliphatic heterocycles. The summed E-state index contributed by atoms with van der Waals surface area (Å²) in [6, 6.07) is 17.6. The maximum absolute atomic E-state index is 15.2. The van der Waals surface area contributed by atoms with Crippen molar-refractivity contribution < 1.29 is 28.6 Å². The molecule has 2 N–H and O–H groups in total. The molecule has 170 valence electrons. The number of ether oxygens (including phenoxy) is 2. The molecule has 1 fully saturated rings. The smallest absolute Gasteiger partial charge is 0.351 e. The maximum Gasteiger partial charge on any atom is 0.351 e. The monoisotopic (exact) mass is 453 g/mol. The highest BCUT2D eigenvalue weighted by Crippen LogP contribution is 2.33. The van der Waals surface area contributed by atoms with Crippen molar-refractivity contribution in [3.63, 3.8) is 0 Å². The van der Waals surface area contributed by atoms with Crippen molar-refractivity contribution in [3.8, 4) is 0 Å². The van der Waals surface area contributed by atoms with Crippen LogP contribution in [0.1, 0.15) is 26.9 Å². The van der Waals surface area contributed by atoms with Gasteiger partial charge in [-0.05, 0) is 30.3 Å². The summed E-state index contributed by atoms with van der Waals surface area (Å²) in [5.41, 5.74) is -0.303. The third kappa shape index (κ3) is 4.81. The zero-order valence-corrected chi connectivity index (χ0v) is 17.2. The summed E-state index contributed by atoms with van der Waals surface area (Å²) in [4.78, 5) is 40.9. The highest BCUT2D eigenvalue weighted by atomic mass is 19.1. The number of anilines is 1. The third-order valence-corrected chi connectivity index (χ3v) is 5.08. The molecule has 10 heteroatoms. The van der Waals surface area contributed by atoms with Crippen LogP contribution in [0.15, 0.2) is 77.7 Å². The van der Waals surface area contributed by atoms with Gasteiger partial charge >= 0.3 is 11.7 Å². The normalized spacial score (nSPS) is 22.0. The van der Waals surface area contributed by atoms with Crippen LogP contribution in [0.4, 0.5) is 10.2 Å². The Balaban J connectivity index is 1.49. The minimum absolute atomic E-state index is 0.0238. The lowest BCUT2D eigenvalue weighted by Gasteiger charge is -2.18. The Morgan fingerprint density at radius 1 is 1.06 bits per heavy atom. The van der Waals surface area contributed by atoms with Crippen LogP contribution in [-0.4, -0.2) is 51.5 Å². The molecule has 4 rings (SSSR count). The molecule has 0 radical (unpaired) electrons. The first-order valence-corrected chi connectivity index (χ1v) is 10.1. The Labute approximate surface area is 187 Å². The molecule has 0 aliphatic carbocycles. The van der Waals surface area contributed by atoms with E-state index in [0.717, 1.165) is 4.57 Å². The van der Waals surface area contributed by atoms with Gasteiger partial charge in [-0.25, -0.2) is 14.0 Å². The van der Waals surface area contributed by atoms with E-state index in [4.69, 9.17) is 9.47 Å². The molecule has 9 nitrogen and oxygen atoms in total. The summed E-state index contributed by atoms with van der Waals surface area (Å²) in [5.74, 6) is -1.27. The first-order chi connectivity index (χ1) is 16.0. The van der Waals surface area contributed by atoms with Crippen molar-refractivity contribution >= 4 is 17.7 Å². The molecule has 2 aromatic carbocycles. The molecule has 1 aliphatic rings. The summed E-state index contributed by atoms with van der Waals surface area (Å²) in [6.07, 6.45) is -4.82. The quantitative estimate of drug-likeness (QED) is 0.548. The van der Waals surface area contributed by atoms with Gasteiger partial charge in [0.25, 0.3) is 5.91 Å². The van der Waals surface area contributed by atoms with Gasteiger partial charge < -0.3 is 19.9 Å². The Hall–Kier alpha value is -3.89. The maximum atomic E-state index is 15.2. The van der Waals surface area contributed by atoms with Crippen molar-refractivity contribution in [2.45, 2.75) is 24.6 Å². The van der Waals surface area contributed by atoms with Gasteiger partial charge in [0.15, 0.2) is 18.5 Å². The summed E-state index contributed by atoms with van der Waals surface area (Å²) in [7, 11) is 0. The zero-order chi connectivity index (χ0) is 23.4. The Bertz CT molecular complexity index is 1190. The van der Waals surface area contributed by atoms with E-state index in [9.17, 15) is 19.5 Å². The third-order valence-electron chi connectivity index (χ3n) is 5.08. The van der Waals surface area contributed by atoms with E-state index in [0.29, 0.717) is 5.56 Å². The molecule has 0 unspecified atom stereocenters. The second-order valence-electron chi connectivity index (χ2n) is 7.25. The highest BCUT2D eigenvalue weighted by Gasteiger charge is 2.48. The van der Waals surface area contributed by atoms with Gasteiger partial charge in [0.05, 0.1) is 12.2 Å². The van der Waals surface area contributed by atoms with Crippen LogP contribution in [0.2, 0.25) is 0 Å². The Kier molecular flexibility index (Phi) is 6.57. The number of aliphatic hydroxyl groups excluding tert-OH is 1. The second kappa shape index (κ2) is 9.72. The van der Waals surface area contributed by atoms with E-state index in [1.165, 1.54) is 24.4 Å². The molecule has 0 spiro atoms. The van der Waals surface area contributed by atoms with Crippen LogP contribution in [-0.2, 0) is 9.47 Å². The number of carbonyl (C=O) groups excluding carboxylic acids is 2. The number of amides is 1. The molecular weight excluding hydrogens is 433 g/mol. The summed E-state index contributed by atoms with van der Waals surface area (Å²) in [5, 5.41) is 12.1. The zero-order valence-electron chi connectivity index (χ0n) is 17.2. The van der Waals surface area contributed by atoms with Gasteiger partial charge in [-0.1, -0.05) is 36.4 Å². The number of esters is 1. The fourth-order valence-electron chi connectivity index (χ4n) is 3.43. The molecule has 1 saturated heterocycles. The standard InChI is InChI=1S/C23H20FN3O6/c24-18-19(33-22(30)15-9-5-2-6-10-15)16(13-28)32-21(18)27-12-11-17(26-23(27)31)25-20(29)14-7-3-1-4-8-14/h1-12,16,18-19,21,28H,13H2,(H,25,26,29,31)/t16-,18-,19+,21+/m0/s1. The van der Waals surface area contributed by atoms with Crippen LogP contribution in [0.25, 0.3) is 0 Å². The molecule has 1 amide bonds. The Morgan fingerprint density at radius 2 is 1.70 bits per heavy atom. The minimum Gasteiger partial charge on any atom is -0.453 e. The molecule has 4 atom stereocenters. The van der Waals surface area contributed by atoms with E-state index in [2.05, 4.69) is 10.3 Å². The predicted molar refractivity (Wildman–Crippen MR) is 114 cm³/mol. The molecule has 1 aromatic heterocycles. The highest BCUT2D eigenvalue weighted by molar-refractivity contribution is 6.03. The predicted octanol–water partition coefficient (Wildman–Crippen LogP) is 1.95. The fourth-order valence-corrected chi connectivity index (χ4v) is 3.43. The van der Waals surface area contributed by atoms with Crippen LogP contribution >= 0.6 is 0 Å². The van der Waals surface area contributed by atoms with Crippen molar-refractivity contribution in [2.75, 3.05) is 11.9 Å². The van der Waals surface area contributed by atoms with E-state index in [1.54, 1.807) is 48.5 Å². The number of halogens is 1. The van der Waals surface area contributed by atoms with E-state index < -0.39 is 48.8 Å². The van der Waals surface area contributed by atoms with E-state index >= 15 is 4.39 Å². The van der Waals surface area contributed by atoms with E-state index in [1.807, 2.05) is 0 Å². The first-order valence-electron chi connectivity index (χ1n) is 10.1. The first kappa shape index (κ1) is 22.3. The lowest BCUT2D eigenvalue weighted by Crippen LogP contribution is -2.37. The van der Waals surface area contributed by atoms with Gasteiger partial charge in [0.2, 0.25) is 0 Å². The molecule has 0 saturated carbocycles. The van der Waals surface area contributed by atoms with Crippen molar-refractivity contribution in [2.24, 2.45) is 0 Å². The molecule has 2 heterocycles. The number of nitrogens with zero attached hydrogens (tertiary/aromatic N) is 2. The fraction of sp³-hybridized carbons (Fsp3) is 0.217. The average Bonchev–Trinajstić information content (AvgIpc) is 3.15. The van der Waals surface area contributed by atoms with Crippen LogP contribution in [0.3, 0.4) is 0 Å². The topological polar surface area (TPSA) is 120 Å². The number of alkyl halides is 1. The van der Waals surface area contributed by atoms with Crippen LogP contribution < -0.4 is 11.0 Å². The second-order valence-corrected chi connectivity index (χ2v) is 7.25. The lowest BCUT2D eigenvalue weighted by molar-refractivity contribution is -0.0533. The molecule has 0 bridgehead atoms. The Morgan fingerprint density at radius 3 is 2.30 bits per heavy atom. The van der Waals surface area contributed by atoms with Crippen molar-refractivity contribution in [1.82, 2.24) is 9.55 Å². The number of benzene rings is 2. The van der Waals surface area contributed by atoms with Gasteiger partial charge in [0, 0.05) is 11.8 Å². The average molecular weight is 453 g/mol. The summed E-state index contributed by atoms with van der Waals surface area (Å²) in [6.45, 7) is -0.628. The SMILES string of the molecule is O=C(Nc1ccn([C@@H]2O[C@@H](CO)[C@@H](OC(=O)c3ccccc3)[C@@H]2F)c(=O)n1)c1ccccc1. The van der Waals surface area contributed by atoms with Gasteiger partial charge in [-0.2, -0.15) is 4.98 Å². The van der Waals surface area contributed by atoms with E-state index in [-0.39, 0.29) is 11.4 Å². The minimum atomic E-state index is -1.95. The van der Waals surface area contributed by atoms with Gasteiger partial charge in [-0.3, -0.25) is 9.36 Å². The van der Waals surface area contributed by atoms with Crippen LogP contribution in [0.5, 0.6) is 0 Å². The summed E-state index contributed by atoms with van der Waals surface area (Å²) >= 11 is 0. The number of rotatable bonds is 6. The molecule has 33 heavy (non-hydrogen) atoms.